The maximum absolute atomic E-state index is 6.18. The van der Waals surface area contributed by atoms with Crippen LogP contribution in [0.15, 0.2) is 0 Å². The minimum absolute atomic E-state index is 0.0409. The van der Waals surface area contributed by atoms with Gasteiger partial charge >= 0.3 is 14.5 Å². The Labute approximate surface area is 106 Å². The van der Waals surface area contributed by atoms with Crippen molar-refractivity contribution in [3.8, 4) is 0 Å². The van der Waals surface area contributed by atoms with Crippen molar-refractivity contribution in [1.29, 1.82) is 0 Å². The summed E-state index contributed by atoms with van der Waals surface area (Å²) in [4.78, 5) is 0. The molecule has 0 aromatic carbocycles. The highest BCUT2D eigenvalue weighted by Gasteiger charge is 2.26. The Kier molecular flexibility index (Phi) is 9.75. The summed E-state index contributed by atoms with van der Waals surface area (Å²) in [5, 5.41) is 2.53. The third-order valence-electron chi connectivity index (χ3n) is 2.50. The molecule has 0 N–H and O–H groups in total. The molecule has 0 aromatic heterocycles. The molecule has 0 amide bonds. The molecular weight excluding hydrogens is 215 g/mol. The highest BCUT2D eigenvalue weighted by atomic mass is 27.2. The molecule has 1 atom stereocenters. The second kappa shape index (κ2) is 9.48. The van der Waals surface area contributed by atoms with E-state index in [0.29, 0.717) is 0 Å². The van der Waals surface area contributed by atoms with Gasteiger partial charge in [0.15, 0.2) is 0 Å². The first-order chi connectivity index (χ1) is 7.49. The second-order valence-electron chi connectivity index (χ2n) is 5.31. The van der Waals surface area contributed by atoms with E-state index in [1.165, 1.54) is 10.6 Å². The lowest BCUT2D eigenvalue weighted by molar-refractivity contribution is -0.0803. The van der Waals surface area contributed by atoms with Crippen molar-refractivity contribution in [1.82, 2.24) is 0 Å². The Hall–Kier alpha value is 0.452. The van der Waals surface area contributed by atoms with Crippen LogP contribution in [0.2, 0.25) is 10.6 Å². The summed E-state index contributed by atoms with van der Waals surface area (Å²) in [6.07, 6.45) is 1.01. The van der Waals surface area contributed by atoms with Gasteiger partial charge in [-0.25, -0.2) is 0 Å². The predicted molar refractivity (Wildman–Crippen MR) is 71.8 cm³/mol. The lowest BCUT2D eigenvalue weighted by Gasteiger charge is -2.23. The van der Waals surface area contributed by atoms with Crippen LogP contribution in [-0.4, -0.2) is 27.4 Å². The van der Waals surface area contributed by atoms with Crippen LogP contribution in [0, 0.1) is 11.8 Å². The van der Waals surface area contributed by atoms with Crippen molar-refractivity contribution >= 4 is 14.5 Å². The summed E-state index contributed by atoms with van der Waals surface area (Å²) in [5.41, 5.74) is 0. The van der Waals surface area contributed by atoms with Gasteiger partial charge in [-0.05, 0) is 13.3 Å². The largest absolute Gasteiger partial charge is 0.478 e. The zero-order valence-electron chi connectivity index (χ0n) is 12.0. The van der Waals surface area contributed by atoms with Gasteiger partial charge in [0.25, 0.3) is 0 Å². The Bertz CT molecular complexity index is 150. The molecule has 0 fully saturated rings. The molecule has 16 heavy (non-hydrogen) atoms. The van der Waals surface area contributed by atoms with Crippen LogP contribution in [0.25, 0.3) is 0 Å². The number of hydrogen-bond acceptors (Lipinski definition) is 2. The van der Waals surface area contributed by atoms with Gasteiger partial charge in [-0.2, -0.15) is 0 Å². The summed E-state index contributed by atoms with van der Waals surface area (Å²) in [6.45, 7) is 14.1. The quantitative estimate of drug-likeness (QED) is 0.449. The van der Waals surface area contributed by atoms with Gasteiger partial charge < -0.3 is 8.53 Å². The van der Waals surface area contributed by atoms with Gasteiger partial charge in [0.1, 0.15) is 6.29 Å². The van der Waals surface area contributed by atoms with Crippen LogP contribution in [-0.2, 0) is 8.53 Å². The fourth-order valence-corrected chi connectivity index (χ4v) is 5.13. The standard InChI is InChI=1S/C5H11O2.2C4H9.Al/c1-3-5(6)7-4-2;2*1-4(2)3;/h5H,3-4H2,1-2H3;2*4H,1H2,2-3H3;/q-1;;;+1. The van der Waals surface area contributed by atoms with Crippen LogP contribution in [0.3, 0.4) is 0 Å². The Balaban J connectivity index is 4.15. The smallest absolute Gasteiger partial charge is 0.463 e. The number of rotatable bonds is 9. The fraction of sp³-hybridized carbons (Fsp3) is 1.00. The molecule has 0 heterocycles. The minimum Gasteiger partial charge on any atom is -0.478 e. The molecule has 0 radical (unpaired) electrons. The minimum atomic E-state index is -1.08. The van der Waals surface area contributed by atoms with Crippen LogP contribution >= 0.6 is 0 Å². The predicted octanol–water partition coefficient (Wildman–Crippen LogP) is 4.08. The normalized spacial score (nSPS) is 13.5. The van der Waals surface area contributed by atoms with Crippen molar-refractivity contribution in [3.63, 3.8) is 0 Å². The van der Waals surface area contributed by atoms with Crippen LogP contribution in [0.1, 0.15) is 48.0 Å². The highest BCUT2D eigenvalue weighted by molar-refractivity contribution is 6.51. The maximum Gasteiger partial charge on any atom is 0.463 e. The summed E-state index contributed by atoms with van der Waals surface area (Å²) in [6, 6.07) is 0. The lowest BCUT2D eigenvalue weighted by atomic mass is 10.3. The number of hydrogen-bond donors (Lipinski definition) is 0. The third-order valence-corrected chi connectivity index (χ3v) is 6.12. The maximum atomic E-state index is 6.18. The van der Waals surface area contributed by atoms with Crippen molar-refractivity contribution in [2.75, 3.05) is 6.61 Å². The Morgan fingerprint density at radius 3 is 1.75 bits per heavy atom. The third kappa shape index (κ3) is 8.59. The summed E-state index contributed by atoms with van der Waals surface area (Å²) >= 11 is -1.08. The zero-order valence-corrected chi connectivity index (χ0v) is 13.1. The average molecular weight is 244 g/mol. The monoisotopic (exact) mass is 244 g/mol. The Morgan fingerprint density at radius 2 is 1.44 bits per heavy atom. The Morgan fingerprint density at radius 1 is 0.938 bits per heavy atom. The van der Waals surface area contributed by atoms with Gasteiger partial charge in [0.05, 0.1) is 0 Å². The SMILES string of the molecule is CCOC(CC)[O][Al]([CH2]C(C)C)[CH2]C(C)C. The first-order valence-electron chi connectivity index (χ1n) is 6.76. The topological polar surface area (TPSA) is 18.5 Å². The molecule has 2 nitrogen and oxygen atoms in total. The van der Waals surface area contributed by atoms with E-state index in [2.05, 4.69) is 34.6 Å². The second-order valence-corrected chi connectivity index (χ2v) is 7.77. The van der Waals surface area contributed by atoms with Crippen molar-refractivity contribution in [2.24, 2.45) is 11.8 Å². The molecule has 0 aromatic rings. The van der Waals surface area contributed by atoms with Gasteiger partial charge in [-0.1, -0.05) is 57.0 Å². The van der Waals surface area contributed by atoms with E-state index < -0.39 is 14.5 Å². The molecule has 3 heteroatoms. The lowest BCUT2D eigenvalue weighted by Crippen LogP contribution is -2.29. The molecule has 0 rings (SSSR count). The van der Waals surface area contributed by atoms with E-state index in [4.69, 9.17) is 8.53 Å². The van der Waals surface area contributed by atoms with Crippen molar-refractivity contribution in [2.45, 2.75) is 64.8 Å². The highest BCUT2D eigenvalue weighted by Crippen LogP contribution is 2.18. The van der Waals surface area contributed by atoms with Crippen LogP contribution in [0.4, 0.5) is 0 Å². The summed E-state index contributed by atoms with van der Waals surface area (Å²) in [5.74, 6) is 1.49. The zero-order chi connectivity index (χ0) is 12.6. The van der Waals surface area contributed by atoms with E-state index in [0.717, 1.165) is 24.9 Å². The van der Waals surface area contributed by atoms with Gasteiger partial charge in [-0.15, -0.1) is 0 Å². The van der Waals surface area contributed by atoms with Crippen LogP contribution in [0.5, 0.6) is 0 Å². The molecule has 1 unspecified atom stereocenters. The molecule has 0 spiro atoms. The molecule has 0 saturated heterocycles. The van der Waals surface area contributed by atoms with E-state index in [1.807, 2.05) is 6.92 Å². The summed E-state index contributed by atoms with van der Waals surface area (Å²) < 4.78 is 11.8. The van der Waals surface area contributed by atoms with Gasteiger partial charge in [0.2, 0.25) is 0 Å². The van der Waals surface area contributed by atoms with Gasteiger partial charge in [-0.3, -0.25) is 0 Å². The molecular formula is C13H29AlO2. The molecule has 0 aliphatic rings. The fourth-order valence-electron chi connectivity index (χ4n) is 1.91. The molecule has 0 aliphatic heterocycles. The first-order valence-corrected chi connectivity index (χ1v) is 8.87. The first kappa shape index (κ1) is 16.5. The van der Waals surface area contributed by atoms with Gasteiger partial charge in [0, 0.05) is 6.61 Å². The number of ether oxygens (including phenoxy) is 1. The van der Waals surface area contributed by atoms with Crippen molar-refractivity contribution in [3.05, 3.63) is 0 Å². The molecule has 0 aliphatic carbocycles. The average Bonchev–Trinajstić information content (AvgIpc) is 2.14. The van der Waals surface area contributed by atoms with E-state index in [9.17, 15) is 0 Å². The molecule has 96 valence electrons. The summed E-state index contributed by atoms with van der Waals surface area (Å²) in [7, 11) is 0. The molecule has 0 saturated carbocycles. The van der Waals surface area contributed by atoms with E-state index in [-0.39, 0.29) is 6.29 Å². The van der Waals surface area contributed by atoms with E-state index >= 15 is 0 Å². The van der Waals surface area contributed by atoms with Crippen LogP contribution < -0.4 is 0 Å². The van der Waals surface area contributed by atoms with Crippen molar-refractivity contribution < 1.29 is 8.53 Å². The van der Waals surface area contributed by atoms with E-state index in [1.54, 1.807) is 0 Å². The molecule has 0 bridgehead atoms.